The van der Waals surface area contributed by atoms with E-state index in [1.165, 1.54) is 51.8 Å². The Labute approximate surface area is 522 Å². The number of cyclic esters (lactones) is 4. The van der Waals surface area contributed by atoms with Crippen LogP contribution in [0.2, 0.25) is 0 Å². The molecule has 4 aromatic rings. The first-order chi connectivity index (χ1) is 41.3. The largest absolute Gasteiger partial charge is 0.451 e. The molecule has 2 aromatic carbocycles. The summed E-state index contributed by atoms with van der Waals surface area (Å²) < 4.78 is 28.3. The fourth-order valence-electron chi connectivity index (χ4n) is 11.0. The molecular weight excluding hydrogens is 1120 g/mol. The molecule has 8 unspecified atom stereocenters. The summed E-state index contributed by atoms with van der Waals surface area (Å²) in [6.45, 7) is 27.2. The molecule has 88 heavy (non-hydrogen) atoms. The second-order valence-electron chi connectivity index (χ2n) is 26.6. The van der Waals surface area contributed by atoms with Gasteiger partial charge in [-0.2, -0.15) is 10.2 Å². The van der Waals surface area contributed by atoms with Crippen molar-refractivity contribution in [2.45, 2.75) is 210 Å². The lowest BCUT2D eigenvalue weighted by Gasteiger charge is -2.35. The van der Waals surface area contributed by atoms with E-state index in [2.05, 4.69) is 37.9 Å². The third-order valence-electron chi connectivity index (χ3n) is 15.9. The molecule has 1 aliphatic heterocycles. The molecule has 0 saturated carbocycles. The van der Waals surface area contributed by atoms with E-state index in [0.717, 1.165) is 45.2 Å². The van der Waals surface area contributed by atoms with E-state index in [0.29, 0.717) is 36.1 Å². The van der Waals surface area contributed by atoms with Crippen LogP contribution in [0.3, 0.4) is 0 Å². The van der Waals surface area contributed by atoms with Gasteiger partial charge in [0.1, 0.15) is 24.2 Å². The van der Waals surface area contributed by atoms with E-state index in [9.17, 15) is 28.8 Å². The van der Waals surface area contributed by atoms with Crippen LogP contribution in [-0.4, -0.2) is 163 Å². The molecule has 0 spiro atoms. The number of hydrogen-bond donors (Lipinski definition) is 0. The molecule has 8 atom stereocenters. The summed E-state index contributed by atoms with van der Waals surface area (Å²) in [7, 11) is 5.62. The van der Waals surface area contributed by atoms with Crippen molar-refractivity contribution < 1.29 is 57.3 Å². The Morgan fingerprint density at radius 3 is 0.898 bits per heavy atom. The minimum atomic E-state index is -1.54. The Kier molecular flexibility index (Phi) is 26.5. The van der Waals surface area contributed by atoms with Gasteiger partial charge in [0.2, 0.25) is 0 Å². The van der Waals surface area contributed by atoms with Crippen molar-refractivity contribution in [1.29, 1.82) is 0 Å². The zero-order valence-electron chi connectivity index (χ0n) is 55.6. The van der Waals surface area contributed by atoms with Gasteiger partial charge in [-0.15, -0.1) is 0 Å². The fourth-order valence-corrected chi connectivity index (χ4v) is 11.0. The van der Waals surface area contributed by atoms with Gasteiger partial charge >= 0.3 is 23.9 Å². The van der Waals surface area contributed by atoms with Crippen LogP contribution >= 0.6 is 0 Å². The molecule has 5 rings (SSSR count). The van der Waals surface area contributed by atoms with E-state index in [-0.39, 0.29) is 62.2 Å². The summed E-state index contributed by atoms with van der Waals surface area (Å²) in [6, 6.07) is 13.8. The molecule has 484 valence electrons. The molecule has 20 heteroatoms. The standard InChI is InChI=1S/C68H100N8O12/c1-41(2)31-53-27-29-69-75(53)39-51-23-19-49(20-24-51)37-59-63(79)73(17)55(33-43(5)6)65(81)85-48(14)62(78)72(16)58(36-46(11)12)68(84)88-60(38-50-21-25-52(26-22-50)40-76-54(28-30-70-76)32-42(3)4)64(80)74(18)56(34-44(7)8)66(82)86-47(13)61(77)71(15)57(35-45(9)10)67(83)87-59/h19-30,41-48,55-60H,31-40H2,1-18H3. The Morgan fingerprint density at radius 1 is 0.364 bits per heavy atom. The summed E-state index contributed by atoms with van der Waals surface area (Å²) >= 11 is 0. The van der Waals surface area contributed by atoms with Gasteiger partial charge in [0, 0.05) is 64.8 Å². The highest BCUT2D eigenvalue weighted by molar-refractivity contribution is 5.94. The van der Waals surface area contributed by atoms with Crippen LogP contribution < -0.4 is 0 Å². The molecule has 0 radical (unpaired) electrons. The fraction of sp³-hybridized carbons (Fsp3) is 0.618. The lowest BCUT2D eigenvalue weighted by atomic mass is 9.99. The molecule has 1 fully saturated rings. The normalized spacial score (nSPS) is 22.4. The van der Waals surface area contributed by atoms with E-state index in [1.807, 2.05) is 125 Å². The van der Waals surface area contributed by atoms with Gasteiger partial charge < -0.3 is 38.5 Å². The van der Waals surface area contributed by atoms with Crippen molar-refractivity contribution in [1.82, 2.24) is 39.2 Å². The highest BCUT2D eigenvalue weighted by Gasteiger charge is 2.43. The number of likely N-dealkylation sites (N-methyl/N-ethyl adjacent to an activating group) is 4. The van der Waals surface area contributed by atoms with Crippen LogP contribution in [0.4, 0.5) is 0 Å². The average molecular weight is 1220 g/mol. The zero-order valence-corrected chi connectivity index (χ0v) is 55.6. The predicted molar refractivity (Wildman–Crippen MR) is 335 cm³/mol. The topological polar surface area (TPSA) is 222 Å². The Morgan fingerprint density at radius 2 is 0.625 bits per heavy atom. The molecule has 1 saturated heterocycles. The highest BCUT2D eigenvalue weighted by atomic mass is 16.6. The van der Waals surface area contributed by atoms with E-state index < -0.39 is 96.1 Å². The number of carbonyl (C=O) groups excluding carboxylic acids is 8. The molecule has 3 heterocycles. The number of amides is 4. The van der Waals surface area contributed by atoms with Gasteiger partial charge in [-0.05, 0) is 122 Å². The van der Waals surface area contributed by atoms with Crippen molar-refractivity contribution in [3.8, 4) is 0 Å². The van der Waals surface area contributed by atoms with Crippen molar-refractivity contribution in [2.75, 3.05) is 28.2 Å². The van der Waals surface area contributed by atoms with Crippen molar-refractivity contribution >= 4 is 47.5 Å². The molecule has 0 N–H and O–H groups in total. The molecule has 1 aliphatic rings. The van der Waals surface area contributed by atoms with Crippen molar-refractivity contribution in [2.24, 2.45) is 35.5 Å². The summed E-state index contributed by atoms with van der Waals surface area (Å²) in [6.07, 6.45) is -0.733. The first kappa shape index (κ1) is 71.4. The number of ether oxygens (including phenoxy) is 4. The average Bonchev–Trinajstić information content (AvgIpc) is 4.14. The Bertz CT molecular complexity index is 2750. The van der Waals surface area contributed by atoms with Gasteiger partial charge in [0.15, 0.2) is 24.4 Å². The van der Waals surface area contributed by atoms with Crippen molar-refractivity contribution in [3.05, 3.63) is 107 Å². The Hall–Kier alpha value is -7.38. The van der Waals surface area contributed by atoms with Crippen LogP contribution in [0.1, 0.15) is 156 Å². The maximum atomic E-state index is 15.1. The lowest BCUT2D eigenvalue weighted by molar-refractivity contribution is -0.176. The van der Waals surface area contributed by atoms with E-state index >= 15 is 9.59 Å². The molecule has 20 nitrogen and oxygen atoms in total. The second kappa shape index (κ2) is 32.7. The maximum Gasteiger partial charge on any atom is 0.329 e. The SMILES string of the molecule is CC(C)Cc1ccnn1Cc1ccc(CC2OC(=O)C(CC(C)C)N(C)C(=O)C(C)OC(=O)C(CC(C)C)N(C)C(=O)C(Cc3ccc(Cn4nccc4CC(C)C)cc3)OC(=O)C(CC(C)C)N(C)C(=O)C(C)OC(=O)C(CC(C)C)N(C)C2=O)cc1. The van der Waals surface area contributed by atoms with Crippen LogP contribution in [0.25, 0.3) is 0 Å². The second-order valence-corrected chi connectivity index (χ2v) is 26.6. The minimum absolute atomic E-state index is 0.0831. The number of hydrogen-bond acceptors (Lipinski definition) is 14. The molecule has 2 aromatic heterocycles. The third-order valence-corrected chi connectivity index (χ3v) is 15.9. The van der Waals surface area contributed by atoms with Gasteiger partial charge in [-0.25, -0.2) is 19.2 Å². The van der Waals surface area contributed by atoms with Gasteiger partial charge in [-0.1, -0.05) is 132 Å². The molecule has 4 amide bonds. The number of nitrogens with zero attached hydrogens (tertiary/aromatic N) is 8. The first-order valence-corrected chi connectivity index (χ1v) is 31.4. The monoisotopic (exact) mass is 1220 g/mol. The molecule has 0 aliphatic carbocycles. The number of esters is 4. The third kappa shape index (κ3) is 20.3. The van der Waals surface area contributed by atoms with Crippen molar-refractivity contribution in [3.63, 3.8) is 0 Å². The minimum Gasteiger partial charge on any atom is -0.451 e. The number of aromatic nitrogens is 4. The molecule has 0 bridgehead atoms. The first-order valence-electron chi connectivity index (χ1n) is 31.4. The van der Waals surface area contributed by atoms with E-state index in [1.54, 1.807) is 12.4 Å². The summed E-state index contributed by atoms with van der Waals surface area (Å²) in [5, 5.41) is 9.07. The molecular formula is C68H100N8O12. The predicted octanol–water partition coefficient (Wildman–Crippen LogP) is 8.55. The van der Waals surface area contributed by atoms with Gasteiger partial charge in [0.25, 0.3) is 23.6 Å². The summed E-state index contributed by atoms with van der Waals surface area (Å²) in [4.78, 5) is 123. The van der Waals surface area contributed by atoms with Gasteiger partial charge in [-0.3, -0.25) is 28.5 Å². The smallest absolute Gasteiger partial charge is 0.329 e. The van der Waals surface area contributed by atoms with E-state index in [4.69, 9.17) is 18.9 Å². The zero-order chi connectivity index (χ0) is 65.4. The van der Waals surface area contributed by atoms with Crippen LogP contribution in [0, 0.1) is 35.5 Å². The quantitative estimate of drug-likeness (QED) is 0.0598. The summed E-state index contributed by atoms with van der Waals surface area (Å²) in [5.74, 6) is -6.56. The van der Waals surface area contributed by atoms with Crippen LogP contribution in [-0.2, 0) is 96.1 Å². The van der Waals surface area contributed by atoms with Crippen LogP contribution in [0.5, 0.6) is 0 Å². The number of benzene rings is 2. The Balaban J connectivity index is 1.58. The number of rotatable bonds is 20. The number of carbonyl (C=O) groups is 8. The van der Waals surface area contributed by atoms with Crippen LogP contribution in [0.15, 0.2) is 73.1 Å². The van der Waals surface area contributed by atoms with Gasteiger partial charge in [0.05, 0.1) is 13.1 Å². The summed E-state index contributed by atoms with van der Waals surface area (Å²) in [5.41, 5.74) is 5.31. The highest BCUT2D eigenvalue weighted by Crippen LogP contribution is 2.25. The lowest BCUT2D eigenvalue weighted by Crippen LogP contribution is -2.55. The maximum absolute atomic E-state index is 15.1.